The number of aromatic amines is 1. The van der Waals surface area contributed by atoms with Gasteiger partial charge in [0, 0.05) is 29.9 Å². The molecule has 2 aromatic rings. The number of amides is 1. The molecule has 3 rings (SSSR count). The highest BCUT2D eigenvalue weighted by molar-refractivity contribution is 5.95. The molecule has 0 radical (unpaired) electrons. The van der Waals surface area contributed by atoms with E-state index < -0.39 is 0 Å². The highest BCUT2D eigenvalue weighted by Gasteiger charge is 2.18. The summed E-state index contributed by atoms with van der Waals surface area (Å²) in [5.41, 5.74) is 3.86. The first-order valence-electron chi connectivity index (χ1n) is 8.66. The first-order chi connectivity index (χ1) is 11.6. The van der Waals surface area contributed by atoms with E-state index in [0.717, 1.165) is 42.8 Å². The first kappa shape index (κ1) is 16.5. The summed E-state index contributed by atoms with van der Waals surface area (Å²) in [7, 11) is 0. The topological polar surface area (TPSA) is 53.2 Å². The largest absolute Gasteiger partial charge is 0.339 e. The average molecular weight is 324 g/mol. The zero-order valence-electron chi connectivity index (χ0n) is 14.4. The van der Waals surface area contributed by atoms with Gasteiger partial charge in [-0.1, -0.05) is 25.0 Å². The van der Waals surface area contributed by atoms with Crippen molar-refractivity contribution in [3.05, 3.63) is 57.5 Å². The van der Waals surface area contributed by atoms with Crippen molar-refractivity contribution in [2.45, 2.75) is 39.5 Å². The molecule has 1 saturated heterocycles. The fourth-order valence-corrected chi connectivity index (χ4v) is 3.22. The molecule has 0 bridgehead atoms. The summed E-state index contributed by atoms with van der Waals surface area (Å²) in [4.78, 5) is 29.9. The van der Waals surface area contributed by atoms with Crippen LogP contribution in [-0.2, 0) is 0 Å². The summed E-state index contributed by atoms with van der Waals surface area (Å²) in [6.07, 6.45) is 4.54. The molecule has 0 spiro atoms. The zero-order chi connectivity index (χ0) is 17.1. The van der Waals surface area contributed by atoms with Crippen LogP contribution in [0, 0.1) is 13.8 Å². The van der Waals surface area contributed by atoms with E-state index >= 15 is 0 Å². The molecule has 4 nitrogen and oxygen atoms in total. The van der Waals surface area contributed by atoms with E-state index in [1.54, 1.807) is 0 Å². The van der Waals surface area contributed by atoms with Gasteiger partial charge in [0.05, 0.1) is 0 Å². The second kappa shape index (κ2) is 7.04. The molecule has 1 aromatic heterocycles. The number of carbonyl (C=O) groups excluding carboxylic acids is 1. The number of aryl methyl sites for hydroxylation is 2. The molecule has 1 fully saturated rings. The van der Waals surface area contributed by atoms with Gasteiger partial charge in [-0.25, -0.2) is 0 Å². The number of rotatable bonds is 2. The number of hydrogen-bond donors (Lipinski definition) is 1. The second-order valence-electron chi connectivity index (χ2n) is 6.61. The van der Waals surface area contributed by atoms with Crippen LogP contribution < -0.4 is 5.56 Å². The Morgan fingerprint density at radius 1 is 1.04 bits per heavy atom. The molecule has 2 heterocycles. The van der Waals surface area contributed by atoms with Gasteiger partial charge in [0.1, 0.15) is 0 Å². The minimum Gasteiger partial charge on any atom is -0.339 e. The van der Waals surface area contributed by atoms with Gasteiger partial charge in [-0.2, -0.15) is 0 Å². The number of pyridine rings is 1. The van der Waals surface area contributed by atoms with Crippen LogP contribution in [-0.4, -0.2) is 28.9 Å². The molecule has 1 amide bonds. The van der Waals surface area contributed by atoms with Gasteiger partial charge in [-0.05, 0) is 56.0 Å². The van der Waals surface area contributed by atoms with E-state index in [1.165, 1.54) is 12.8 Å². The lowest BCUT2D eigenvalue weighted by atomic mass is 10.0. The third-order valence-electron chi connectivity index (χ3n) is 4.81. The molecule has 1 N–H and O–H groups in total. The van der Waals surface area contributed by atoms with Crippen molar-refractivity contribution in [1.29, 1.82) is 0 Å². The summed E-state index contributed by atoms with van der Waals surface area (Å²) in [6.45, 7) is 5.52. The van der Waals surface area contributed by atoms with Gasteiger partial charge < -0.3 is 9.88 Å². The number of likely N-dealkylation sites (tertiary alicyclic amines) is 1. The van der Waals surface area contributed by atoms with Crippen LogP contribution in [0.3, 0.4) is 0 Å². The number of carbonyl (C=O) groups is 1. The standard InChI is InChI=1S/C20H24N2O2/c1-14-12-18(19(23)21-15(14)2)16-8-7-9-17(13-16)20(24)22-10-5-3-4-6-11-22/h7-9,12-13H,3-6,10-11H2,1-2H3,(H,21,23). The van der Waals surface area contributed by atoms with Crippen molar-refractivity contribution in [3.63, 3.8) is 0 Å². The van der Waals surface area contributed by atoms with E-state index in [0.29, 0.717) is 11.1 Å². The fourth-order valence-electron chi connectivity index (χ4n) is 3.22. The number of nitrogens with one attached hydrogen (secondary N) is 1. The molecule has 1 aromatic carbocycles. The summed E-state index contributed by atoms with van der Waals surface area (Å²) in [6, 6.07) is 9.32. The Kier molecular flexibility index (Phi) is 4.84. The van der Waals surface area contributed by atoms with Crippen molar-refractivity contribution in [2.24, 2.45) is 0 Å². The number of aromatic nitrogens is 1. The number of hydrogen-bond acceptors (Lipinski definition) is 2. The van der Waals surface area contributed by atoms with Crippen LogP contribution in [0.15, 0.2) is 35.1 Å². The maximum absolute atomic E-state index is 12.8. The zero-order valence-corrected chi connectivity index (χ0v) is 14.4. The third-order valence-corrected chi connectivity index (χ3v) is 4.81. The minimum absolute atomic E-state index is 0.0685. The van der Waals surface area contributed by atoms with Crippen molar-refractivity contribution < 1.29 is 4.79 Å². The molecule has 0 unspecified atom stereocenters. The Labute approximate surface area is 142 Å². The van der Waals surface area contributed by atoms with Crippen molar-refractivity contribution in [2.75, 3.05) is 13.1 Å². The molecule has 24 heavy (non-hydrogen) atoms. The molecule has 126 valence electrons. The fraction of sp³-hybridized carbons (Fsp3) is 0.400. The van der Waals surface area contributed by atoms with Crippen LogP contribution in [0.2, 0.25) is 0 Å². The molecule has 0 aliphatic carbocycles. The van der Waals surface area contributed by atoms with Crippen LogP contribution in [0.25, 0.3) is 11.1 Å². The maximum Gasteiger partial charge on any atom is 0.256 e. The summed E-state index contributed by atoms with van der Waals surface area (Å²) in [5, 5.41) is 0. The minimum atomic E-state index is -0.113. The highest BCUT2D eigenvalue weighted by Crippen LogP contribution is 2.20. The summed E-state index contributed by atoms with van der Waals surface area (Å²) < 4.78 is 0. The van der Waals surface area contributed by atoms with Crippen LogP contribution in [0.1, 0.15) is 47.3 Å². The SMILES string of the molecule is Cc1cc(-c2cccc(C(=O)N3CCCCCC3)c2)c(=O)[nH]c1C. The predicted octanol–water partition coefficient (Wildman–Crippen LogP) is 3.67. The monoisotopic (exact) mass is 324 g/mol. The van der Waals surface area contributed by atoms with Gasteiger partial charge in [0.25, 0.3) is 11.5 Å². The summed E-state index contributed by atoms with van der Waals surface area (Å²) in [5.74, 6) is 0.0685. The Morgan fingerprint density at radius 3 is 2.46 bits per heavy atom. The Balaban J connectivity index is 1.93. The third kappa shape index (κ3) is 3.42. The highest BCUT2D eigenvalue weighted by atomic mass is 16.2. The van der Waals surface area contributed by atoms with Crippen LogP contribution in [0.5, 0.6) is 0 Å². The van der Waals surface area contributed by atoms with Crippen molar-refractivity contribution >= 4 is 5.91 Å². The van der Waals surface area contributed by atoms with E-state index in [-0.39, 0.29) is 11.5 Å². The molecular weight excluding hydrogens is 300 g/mol. The van der Waals surface area contributed by atoms with Crippen molar-refractivity contribution in [3.8, 4) is 11.1 Å². The van der Waals surface area contributed by atoms with Gasteiger partial charge in [-0.3, -0.25) is 9.59 Å². The van der Waals surface area contributed by atoms with Crippen LogP contribution in [0.4, 0.5) is 0 Å². The van der Waals surface area contributed by atoms with Gasteiger partial charge in [-0.15, -0.1) is 0 Å². The van der Waals surface area contributed by atoms with E-state index in [2.05, 4.69) is 4.98 Å². The quantitative estimate of drug-likeness (QED) is 0.916. The van der Waals surface area contributed by atoms with Gasteiger partial charge in [0.2, 0.25) is 0 Å². The normalized spacial score (nSPS) is 15.2. The second-order valence-corrected chi connectivity index (χ2v) is 6.61. The lowest BCUT2D eigenvalue weighted by Gasteiger charge is -2.20. The lowest BCUT2D eigenvalue weighted by molar-refractivity contribution is 0.0761. The molecule has 1 aliphatic rings. The summed E-state index contributed by atoms with van der Waals surface area (Å²) >= 11 is 0. The molecule has 0 saturated carbocycles. The maximum atomic E-state index is 12.8. The molecule has 1 aliphatic heterocycles. The molecule has 0 atom stereocenters. The Morgan fingerprint density at radius 2 is 1.75 bits per heavy atom. The number of H-pyrrole nitrogens is 1. The average Bonchev–Trinajstić information content (AvgIpc) is 2.87. The Hall–Kier alpha value is -2.36. The lowest BCUT2D eigenvalue weighted by Crippen LogP contribution is -2.31. The molecular formula is C20H24N2O2. The predicted molar refractivity (Wildman–Crippen MR) is 96.3 cm³/mol. The Bertz CT molecular complexity index is 800. The molecule has 4 heteroatoms. The number of nitrogens with zero attached hydrogens (tertiary/aromatic N) is 1. The van der Waals surface area contributed by atoms with E-state index in [9.17, 15) is 9.59 Å². The van der Waals surface area contributed by atoms with Crippen molar-refractivity contribution in [1.82, 2.24) is 9.88 Å². The van der Waals surface area contributed by atoms with E-state index in [1.807, 2.05) is 49.1 Å². The van der Waals surface area contributed by atoms with Gasteiger partial charge in [0.15, 0.2) is 0 Å². The van der Waals surface area contributed by atoms with Gasteiger partial charge >= 0.3 is 0 Å². The van der Waals surface area contributed by atoms with Crippen LogP contribution >= 0.6 is 0 Å². The number of benzene rings is 1. The van der Waals surface area contributed by atoms with E-state index in [4.69, 9.17) is 0 Å². The first-order valence-corrected chi connectivity index (χ1v) is 8.66. The smallest absolute Gasteiger partial charge is 0.256 e.